The summed E-state index contributed by atoms with van der Waals surface area (Å²) in [5.74, 6) is -0.252. The van der Waals surface area contributed by atoms with Crippen molar-refractivity contribution in [3.63, 3.8) is 0 Å². The van der Waals surface area contributed by atoms with E-state index in [1.165, 1.54) is 12.3 Å². The fourth-order valence-corrected chi connectivity index (χ4v) is 2.64. The molecule has 1 aliphatic heterocycles. The van der Waals surface area contributed by atoms with Gasteiger partial charge in [0.25, 0.3) is 0 Å². The number of ether oxygens (including phenoxy) is 1. The van der Waals surface area contributed by atoms with Gasteiger partial charge in [-0.3, -0.25) is 9.36 Å². The van der Waals surface area contributed by atoms with Crippen LogP contribution >= 0.6 is 0 Å². The standard InChI is InChI=1S/C16H22FN3O5/c1-3-4-5-6-12(22)18-11-7-8-20(15(24)19-11)14-16(2,17)13(23)10(9-21)25-14/h3,7-8,10,13-14,21,23H,1,4-6,9H2,2H3,(H,18,19,22,24)/t10-,13?,14-,16?/m1/s1. The molecule has 1 aliphatic rings. The zero-order valence-electron chi connectivity index (χ0n) is 13.9. The van der Waals surface area contributed by atoms with E-state index in [4.69, 9.17) is 9.84 Å². The second-order valence-electron chi connectivity index (χ2n) is 6.04. The van der Waals surface area contributed by atoms with Crippen molar-refractivity contribution < 1.29 is 24.1 Å². The minimum Gasteiger partial charge on any atom is -0.394 e. The predicted octanol–water partition coefficient (Wildman–Crippen LogP) is 0.517. The molecule has 0 saturated carbocycles. The normalized spacial score (nSPS) is 28.7. The summed E-state index contributed by atoms with van der Waals surface area (Å²) in [4.78, 5) is 27.6. The van der Waals surface area contributed by atoms with Gasteiger partial charge in [0, 0.05) is 12.6 Å². The van der Waals surface area contributed by atoms with Crippen LogP contribution in [0.25, 0.3) is 0 Å². The van der Waals surface area contributed by atoms with E-state index in [2.05, 4.69) is 16.9 Å². The van der Waals surface area contributed by atoms with Crippen molar-refractivity contribution in [3.8, 4) is 0 Å². The van der Waals surface area contributed by atoms with Crippen LogP contribution < -0.4 is 11.0 Å². The van der Waals surface area contributed by atoms with E-state index < -0.39 is 36.4 Å². The molecule has 0 aromatic carbocycles. The van der Waals surface area contributed by atoms with E-state index >= 15 is 0 Å². The Morgan fingerprint density at radius 1 is 1.64 bits per heavy atom. The van der Waals surface area contributed by atoms with Crippen LogP contribution in [-0.4, -0.2) is 50.2 Å². The van der Waals surface area contributed by atoms with E-state index in [-0.39, 0.29) is 18.1 Å². The lowest BCUT2D eigenvalue weighted by molar-refractivity contribution is -0.116. The number of nitrogens with zero attached hydrogens (tertiary/aromatic N) is 2. The molecule has 0 bridgehead atoms. The van der Waals surface area contributed by atoms with Crippen LogP contribution in [0.3, 0.4) is 0 Å². The average Bonchev–Trinajstić information content (AvgIpc) is 2.78. The largest absolute Gasteiger partial charge is 0.394 e. The molecular formula is C16H22FN3O5. The summed E-state index contributed by atoms with van der Waals surface area (Å²) in [6.07, 6.45) is 0.357. The molecule has 0 aliphatic carbocycles. The van der Waals surface area contributed by atoms with Gasteiger partial charge in [-0.2, -0.15) is 4.98 Å². The Kier molecular flexibility index (Phi) is 6.04. The summed E-state index contributed by atoms with van der Waals surface area (Å²) in [5.41, 5.74) is -3.13. The molecule has 138 valence electrons. The molecule has 1 aromatic rings. The van der Waals surface area contributed by atoms with Gasteiger partial charge in [0.1, 0.15) is 18.0 Å². The van der Waals surface area contributed by atoms with Crippen molar-refractivity contribution in [1.82, 2.24) is 9.55 Å². The van der Waals surface area contributed by atoms with E-state index in [1.807, 2.05) is 0 Å². The van der Waals surface area contributed by atoms with Gasteiger partial charge < -0.3 is 20.3 Å². The monoisotopic (exact) mass is 355 g/mol. The molecule has 4 atom stereocenters. The number of aromatic nitrogens is 2. The topological polar surface area (TPSA) is 114 Å². The molecule has 25 heavy (non-hydrogen) atoms. The lowest BCUT2D eigenvalue weighted by Crippen LogP contribution is -2.42. The molecule has 2 unspecified atom stereocenters. The van der Waals surface area contributed by atoms with E-state index in [1.54, 1.807) is 6.08 Å². The average molecular weight is 355 g/mol. The van der Waals surface area contributed by atoms with E-state index in [9.17, 15) is 19.1 Å². The Morgan fingerprint density at radius 2 is 2.36 bits per heavy atom. The van der Waals surface area contributed by atoms with Gasteiger partial charge in [-0.25, -0.2) is 9.18 Å². The zero-order valence-corrected chi connectivity index (χ0v) is 13.9. The van der Waals surface area contributed by atoms with Crippen LogP contribution in [0.15, 0.2) is 29.7 Å². The van der Waals surface area contributed by atoms with Gasteiger partial charge >= 0.3 is 5.69 Å². The number of aliphatic hydroxyl groups excluding tert-OH is 2. The summed E-state index contributed by atoms with van der Waals surface area (Å²) in [6, 6.07) is 1.34. The second kappa shape index (κ2) is 7.85. The van der Waals surface area contributed by atoms with Crippen molar-refractivity contribution in [2.24, 2.45) is 0 Å². The quantitative estimate of drug-likeness (QED) is 0.485. The van der Waals surface area contributed by atoms with E-state index in [0.29, 0.717) is 12.8 Å². The SMILES string of the molecule is C=CCCCC(=O)Nc1ccn([C@@H]2O[C@H](CO)C(O)C2(C)F)c(=O)n1. The fourth-order valence-electron chi connectivity index (χ4n) is 2.64. The van der Waals surface area contributed by atoms with Gasteiger partial charge in [0.15, 0.2) is 11.9 Å². The molecule has 1 saturated heterocycles. The molecule has 1 aromatic heterocycles. The minimum absolute atomic E-state index is 0.0441. The first kappa shape index (κ1) is 19.2. The predicted molar refractivity (Wildman–Crippen MR) is 87.7 cm³/mol. The number of nitrogens with one attached hydrogen (secondary N) is 1. The van der Waals surface area contributed by atoms with E-state index in [0.717, 1.165) is 11.5 Å². The molecular weight excluding hydrogens is 333 g/mol. The van der Waals surface area contributed by atoms with Gasteiger partial charge in [0.05, 0.1) is 6.61 Å². The highest BCUT2D eigenvalue weighted by atomic mass is 19.1. The molecule has 9 heteroatoms. The van der Waals surface area contributed by atoms with Crippen LogP contribution in [0.1, 0.15) is 32.4 Å². The first-order valence-electron chi connectivity index (χ1n) is 7.94. The molecule has 1 amide bonds. The number of aliphatic hydroxyl groups is 2. The molecule has 3 N–H and O–H groups in total. The summed E-state index contributed by atoms with van der Waals surface area (Å²) in [7, 11) is 0. The number of halogens is 1. The molecule has 2 heterocycles. The molecule has 8 nitrogen and oxygen atoms in total. The summed E-state index contributed by atoms with van der Waals surface area (Å²) >= 11 is 0. The molecule has 2 rings (SSSR count). The number of amides is 1. The fraction of sp³-hybridized carbons (Fsp3) is 0.562. The van der Waals surface area contributed by atoms with Gasteiger partial charge in [-0.05, 0) is 25.8 Å². The smallest absolute Gasteiger partial charge is 0.351 e. The number of hydrogen-bond acceptors (Lipinski definition) is 6. The Labute approximate surface area is 144 Å². The highest BCUT2D eigenvalue weighted by molar-refractivity contribution is 5.89. The Morgan fingerprint density at radius 3 is 2.92 bits per heavy atom. The summed E-state index contributed by atoms with van der Waals surface area (Å²) in [5, 5.41) is 21.5. The van der Waals surface area contributed by atoms with Crippen molar-refractivity contribution in [2.75, 3.05) is 11.9 Å². The molecule has 0 radical (unpaired) electrons. The number of carbonyl (C=O) groups excluding carboxylic acids is 1. The number of allylic oxidation sites excluding steroid dienone is 1. The molecule has 0 spiro atoms. The number of hydrogen-bond donors (Lipinski definition) is 3. The maximum absolute atomic E-state index is 14.7. The lowest BCUT2D eigenvalue weighted by Gasteiger charge is -2.24. The Balaban J connectivity index is 2.13. The zero-order chi connectivity index (χ0) is 18.6. The number of carbonyl (C=O) groups is 1. The maximum Gasteiger partial charge on any atom is 0.351 e. The van der Waals surface area contributed by atoms with Crippen LogP contribution in [-0.2, 0) is 9.53 Å². The minimum atomic E-state index is -2.28. The third kappa shape index (κ3) is 4.12. The third-order valence-corrected chi connectivity index (χ3v) is 4.06. The first-order chi connectivity index (χ1) is 11.8. The number of anilines is 1. The highest BCUT2D eigenvalue weighted by Crippen LogP contribution is 2.40. The number of unbranched alkanes of at least 4 members (excludes halogenated alkanes) is 1. The van der Waals surface area contributed by atoms with Crippen LogP contribution in [0.5, 0.6) is 0 Å². The summed E-state index contributed by atoms with van der Waals surface area (Å²) < 4.78 is 20.8. The van der Waals surface area contributed by atoms with Gasteiger partial charge in [0.2, 0.25) is 5.91 Å². The van der Waals surface area contributed by atoms with Crippen LogP contribution in [0.4, 0.5) is 10.2 Å². The summed E-state index contributed by atoms with van der Waals surface area (Å²) in [6.45, 7) is 4.06. The van der Waals surface area contributed by atoms with Crippen molar-refractivity contribution in [2.45, 2.75) is 50.3 Å². The number of rotatable bonds is 7. The van der Waals surface area contributed by atoms with Crippen LogP contribution in [0, 0.1) is 0 Å². The lowest BCUT2D eigenvalue weighted by atomic mass is 9.98. The third-order valence-electron chi connectivity index (χ3n) is 4.06. The maximum atomic E-state index is 14.7. The first-order valence-corrected chi connectivity index (χ1v) is 7.94. The Hall–Kier alpha value is -2.10. The van der Waals surface area contributed by atoms with Crippen LogP contribution in [0.2, 0.25) is 0 Å². The van der Waals surface area contributed by atoms with Gasteiger partial charge in [-0.15, -0.1) is 6.58 Å². The highest BCUT2D eigenvalue weighted by Gasteiger charge is 2.55. The van der Waals surface area contributed by atoms with Crippen molar-refractivity contribution in [3.05, 3.63) is 35.4 Å². The number of alkyl halides is 1. The van der Waals surface area contributed by atoms with Crippen molar-refractivity contribution >= 4 is 11.7 Å². The second-order valence-corrected chi connectivity index (χ2v) is 6.04. The van der Waals surface area contributed by atoms with Crippen molar-refractivity contribution in [1.29, 1.82) is 0 Å². The Bertz CT molecular complexity index is 691. The molecule has 1 fully saturated rings. The van der Waals surface area contributed by atoms with Gasteiger partial charge in [-0.1, -0.05) is 6.08 Å².